The van der Waals surface area contributed by atoms with Gasteiger partial charge in [-0.05, 0) is 67.8 Å². The molecule has 1 aliphatic carbocycles. The monoisotopic (exact) mass is 231 g/mol. The van der Waals surface area contributed by atoms with Gasteiger partial charge in [0.25, 0.3) is 0 Å². The van der Waals surface area contributed by atoms with Crippen molar-refractivity contribution >= 4 is 0 Å². The molecule has 0 aromatic heterocycles. The zero-order valence-corrected chi connectivity index (χ0v) is 11.6. The van der Waals surface area contributed by atoms with Gasteiger partial charge < -0.3 is 5.32 Å². The maximum absolute atomic E-state index is 3.69. The normalized spacial score (nSPS) is 23.5. The van der Waals surface area contributed by atoms with Crippen LogP contribution in [0.15, 0.2) is 12.1 Å². The van der Waals surface area contributed by atoms with Gasteiger partial charge in [-0.3, -0.25) is 0 Å². The lowest BCUT2D eigenvalue weighted by molar-refractivity contribution is 0.432. The fourth-order valence-electron chi connectivity index (χ4n) is 2.85. The molecule has 0 bridgehead atoms. The van der Waals surface area contributed by atoms with Gasteiger partial charge in [0.15, 0.2) is 0 Å². The Bertz CT molecular complexity index is 395. The lowest BCUT2D eigenvalue weighted by Gasteiger charge is -2.31. The summed E-state index contributed by atoms with van der Waals surface area (Å²) >= 11 is 0. The van der Waals surface area contributed by atoms with E-state index < -0.39 is 0 Å². The Morgan fingerprint density at radius 2 is 1.76 bits per heavy atom. The van der Waals surface area contributed by atoms with Gasteiger partial charge in [-0.25, -0.2) is 0 Å². The summed E-state index contributed by atoms with van der Waals surface area (Å²) in [6, 6.07) is 5.41. The lowest BCUT2D eigenvalue weighted by Crippen LogP contribution is -2.27. The maximum Gasteiger partial charge on any atom is 0.0323 e. The van der Waals surface area contributed by atoms with Crippen LogP contribution in [0.3, 0.4) is 0 Å². The summed E-state index contributed by atoms with van der Waals surface area (Å²) in [6.07, 6.45) is 3.82. The van der Waals surface area contributed by atoms with E-state index in [-0.39, 0.29) is 0 Å². The number of hydrogen-bond acceptors (Lipinski definition) is 1. The SMILES string of the molecule is CCCNC1CCC(C)c2cc(C)c(C)cc21. The van der Waals surface area contributed by atoms with E-state index >= 15 is 0 Å². The molecule has 2 atom stereocenters. The van der Waals surface area contributed by atoms with Crippen LogP contribution >= 0.6 is 0 Å². The molecule has 0 radical (unpaired) electrons. The van der Waals surface area contributed by atoms with Crippen molar-refractivity contribution < 1.29 is 0 Å². The molecule has 1 aromatic rings. The van der Waals surface area contributed by atoms with Crippen molar-refractivity contribution in [2.24, 2.45) is 0 Å². The van der Waals surface area contributed by atoms with Crippen LogP contribution in [0.5, 0.6) is 0 Å². The molecule has 2 rings (SSSR count). The van der Waals surface area contributed by atoms with Crippen LogP contribution in [0.1, 0.15) is 67.3 Å². The second-order valence-electron chi connectivity index (χ2n) is 5.55. The first-order valence-corrected chi connectivity index (χ1v) is 6.98. The van der Waals surface area contributed by atoms with Crippen molar-refractivity contribution in [2.75, 3.05) is 6.54 Å². The van der Waals surface area contributed by atoms with Gasteiger partial charge in [0.2, 0.25) is 0 Å². The quantitative estimate of drug-likeness (QED) is 0.820. The molecule has 0 heterocycles. The first kappa shape index (κ1) is 12.6. The minimum absolute atomic E-state index is 0.584. The highest BCUT2D eigenvalue weighted by atomic mass is 14.9. The summed E-state index contributed by atoms with van der Waals surface area (Å²) in [5.74, 6) is 0.726. The molecule has 0 saturated carbocycles. The van der Waals surface area contributed by atoms with Crippen LogP contribution in [0.2, 0.25) is 0 Å². The Morgan fingerprint density at radius 3 is 2.41 bits per heavy atom. The van der Waals surface area contributed by atoms with E-state index in [9.17, 15) is 0 Å². The number of hydrogen-bond donors (Lipinski definition) is 1. The predicted octanol–water partition coefficient (Wildman–Crippen LogP) is 4.24. The fourth-order valence-corrected chi connectivity index (χ4v) is 2.85. The minimum atomic E-state index is 0.584. The second-order valence-corrected chi connectivity index (χ2v) is 5.55. The van der Waals surface area contributed by atoms with E-state index in [2.05, 4.69) is 45.1 Å². The van der Waals surface area contributed by atoms with Crippen LogP contribution in [0.4, 0.5) is 0 Å². The smallest absolute Gasteiger partial charge is 0.0323 e. The van der Waals surface area contributed by atoms with E-state index in [0.717, 1.165) is 12.5 Å². The van der Waals surface area contributed by atoms with Crippen LogP contribution in [-0.4, -0.2) is 6.54 Å². The molecule has 0 fully saturated rings. The summed E-state index contributed by atoms with van der Waals surface area (Å²) in [6.45, 7) is 10.2. The molecule has 1 heteroatoms. The molecule has 0 amide bonds. The number of benzene rings is 1. The zero-order chi connectivity index (χ0) is 12.4. The van der Waals surface area contributed by atoms with Gasteiger partial charge in [0.05, 0.1) is 0 Å². The Morgan fingerprint density at radius 1 is 1.12 bits per heavy atom. The second kappa shape index (κ2) is 5.22. The highest BCUT2D eigenvalue weighted by Crippen LogP contribution is 2.38. The Balaban J connectivity index is 2.33. The Kier molecular flexibility index (Phi) is 3.88. The zero-order valence-electron chi connectivity index (χ0n) is 11.6. The van der Waals surface area contributed by atoms with Crippen molar-refractivity contribution in [3.63, 3.8) is 0 Å². The van der Waals surface area contributed by atoms with Crippen molar-refractivity contribution in [1.82, 2.24) is 5.32 Å². The number of nitrogens with one attached hydrogen (secondary N) is 1. The fraction of sp³-hybridized carbons (Fsp3) is 0.625. The molecule has 1 nitrogen and oxygen atoms in total. The van der Waals surface area contributed by atoms with E-state index in [1.165, 1.54) is 30.4 Å². The standard InChI is InChI=1S/C16H25N/c1-5-8-17-16-7-6-11(2)14-9-12(3)13(4)10-15(14)16/h9-11,16-17H,5-8H2,1-4H3. The molecule has 0 saturated heterocycles. The average Bonchev–Trinajstić information content (AvgIpc) is 2.31. The third kappa shape index (κ3) is 2.55. The molecule has 0 aliphatic heterocycles. The van der Waals surface area contributed by atoms with E-state index in [1.807, 2.05) is 0 Å². The first-order chi connectivity index (χ1) is 8.13. The van der Waals surface area contributed by atoms with Gasteiger partial charge in [-0.2, -0.15) is 0 Å². The van der Waals surface area contributed by atoms with Gasteiger partial charge in [0, 0.05) is 6.04 Å². The predicted molar refractivity (Wildman–Crippen MR) is 74.6 cm³/mol. The molecule has 2 unspecified atom stereocenters. The van der Waals surface area contributed by atoms with Crippen LogP contribution in [0, 0.1) is 13.8 Å². The number of fused-ring (bicyclic) bond motifs is 1. The average molecular weight is 231 g/mol. The van der Waals surface area contributed by atoms with Gasteiger partial charge >= 0.3 is 0 Å². The van der Waals surface area contributed by atoms with E-state index in [0.29, 0.717) is 6.04 Å². The highest BCUT2D eigenvalue weighted by molar-refractivity contribution is 5.42. The Labute approximate surface area is 106 Å². The molecule has 0 spiro atoms. The summed E-state index contributed by atoms with van der Waals surface area (Å²) < 4.78 is 0. The molecule has 17 heavy (non-hydrogen) atoms. The van der Waals surface area contributed by atoms with Crippen molar-refractivity contribution in [3.8, 4) is 0 Å². The van der Waals surface area contributed by atoms with Crippen LogP contribution in [0.25, 0.3) is 0 Å². The van der Waals surface area contributed by atoms with Gasteiger partial charge in [0.1, 0.15) is 0 Å². The molecular weight excluding hydrogens is 206 g/mol. The molecule has 94 valence electrons. The number of aryl methyl sites for hydroxylation is 2. The summed E-state index contributed by atoms with van der Waals surface area (Å²) in [5.41, 5.74) is 6.00. The molecule has 1 aliphatic rings. The third-order valence-corrected chi connectivity index (χ3v) is 4.13. The largest absolute Gasteiger partial charge is 0.310 e. The number of rotatable bonds is 3. The summed E-state index contributed by atoms with van der Waals surface area (Å²) in [5, 5.41) is 3.69. The van der Waals surface area contributed by atoms with Crippen LogP contribution < -0.4 is 5.32 Å². The summed E-state index contributed by atoms with van der Waals surface area (Å²) in [4.78, 5) is 0. The minimum Gasteiger partial charge on any atom is -0.310 e. The van der Waals surface area contributed by atoms with Crippen molar-refractivity contribution in [1.29, 1.82) is 0 Å². The van der Waals surface area contributed by atoms with Gasteiger partial charge in [-0.15, -0.1) is 0 Å². The van der Waals surface area contributed by atoms with Crippen molar-refractivity contribution in [3.05, 3.63) is 34.4 Å². The third-order valence-electron chi connectivity index (χ3n) is 4.13. The molecular formula is C16H25N. The first-order valence-electron chi connectivity index (χ1n) is 6.98. The lowest BCUT2D eigenvalue weighted by atomic mass is 9.79. The van der Waals surface area contributed by atoms with E-state index in [4.69, 9.17) is 0 Å². The molecule has 1 N–H and O–H groups in total. The topological polar surface area (TPSA) is 12.0 Å². The summed E-state index contributed by atoms with van der Waals surface area (Å²) in [7, 11) is 0. The Hall–Kier alpha value is -0.820. The van der Waals surface area contributed by atoms with Crippen molar-refractivity contribution in [2.45, 2.75) is 58.9 Å². The highest BCUT2D eigenvalue weighted by Gasteiger charge is 2.24. The maximum atomic E-state index is 3.69. The molecule has 1 aromatic carbocycles. The van der Waals surface area contributed by atoms with Crippen LogP contribution in [-0.2, 0) is 0 Å². The van der Waals surface area contributed by atoms with E-state index in [1.54, 1.807) is 11.1 Å². The van der Waals surface area contributed by atoms with Gasteiger partial charge in [-0.1, -0.05) is 26.0 Å².